The lowest BCUT2D eigenvalue weighted by Crippen LogP contribution is -2.26. The smallest absolute Gasteiger partial charge is 0.230 e. The summed E-state index contributed by atoms with van der Waals surface area (Å²) in [6.45, 7) is 2.53. The van der Waals surface area contributed by atoms with Crippen LogP contribution in [0.25, 0.3) is 5.69 Å². The van der Waals surface area contributed by atoms with Gasteiger partial charge in [-0.3, -0.25) is 4.79 Å². The monoisotopic (exact) mass is 401 g/mol. The predicted octanol–water partition coefficient (Wildman–Crippen LogP) is 4.30. The van der Waals surface area contributed by atoms with E-state index in [1.807, 2.05) is 48.1 Å². The molecule has 1 aromatic heterocycles. The van der Waals surface area contributed by atoms with Gasteiger partial charge in [-0.1, -0.05) is 18.2 Å². The third-order valence-electron chi connectivity index (χ3n) is 4.23. The Kier molecular flexibility index (Phi) is 6.81. The van der Waals surface area contributed by atoms with Crippen LogP contribution in [0, 0.1) is 18.6 Å². The lowest BCUT2D eigenvalue weighted by atomic mass is 10.1. The van der Waals surface area contributed by atoms with Gasteiger partial charge >= 0.3 is 0 Å². The molecule has 0 spiro atoms. The van der Waals surface area contributed by atoms with Crippen LogP contribution in [0.3, 0.4) is 0 Å². The van der Waals surface area contributed by atoms with Crippen molar-refractivity contribution in [1.82, 2.24) is 15.1 Å². The average molecular weight is 401 g/mol. The Balaban J connectivity index is 1.41. The molecule has 3 rings (SSSR count). The molecule has 0 fully saturated rings. The molecule has 146 valence electrons. The highest BCUT2D eigenvalue weighted by Gasteiger charge is 2.08. The fourth-order valence-corrected chi connectivity index (χ4v) is 3.48. The van der Waals surface area contributed by atoms with Crippen molar-refractivity contribution < 1.29 is 13.6 Å². The van der Waals surface area contributed by atoms with E-state index in [-0.39, 0.29) is 11.7 Å². The van der Waals surface area contributed by atoms with Crippen molar-refractivity contribution in [3.8, 4) is 5.69 Å². The van der Waals surface area contributed by atoms with Gasteiger partial charge in [0.05, 0.1) is 17.1 Å². The molecule has 0 aliphatic heterocycles. The topological polar surface area (TPSA) is 46.9 Å². The van der Waals surface area contributed by atoms with E-state index in [9.17, 15) is 13.6 Å². The van der Waals surface area contributed by atoms with Crippen molar-refractivity contribution in [3.63, 3.8) is 0 Å². The molecular formula is C21H21F2N3OS. The normalized spacial score (nSPS) is 10.8. The number of benzene rings is 2. The van der Waals surface area contributed by atoms with Gasteiger partial charge < -0.3 is 5.32 Å². The van der Waals surface area contributed by atoms with Crippen LogP contribution in [0.15, 0.2) is 59.6 Å². The molecule has 0 radical (unpaired) electrons. The van der Waals surface area contributed by atoms with E-state index in [1.165, 1.54) is 17.8 Å². The molecule has 0 saturated heterocycles. The maximum absolute atomic E-state index is 13.2. The Morgan fingerprint density at radius 3 is 2.68 bits per heavy atom. The number of nitrogens with zero attached hydrogens (tertiary/aromatic N) is 2. The van der Waals surface area contributed by atoms with Crippen molar-refractivity contribution in [2.75, 3.05) is 12.3 Å². The molecule has 0 unspecified atom stereocenters. The fraction of sp³-hybridized carbons (Fsp3) is 0.238. The summed E-state index contributed by atoms with van der Waals surface area (Å²) in [4.78, 5) is 12.4. The van der Waals surface area contributed by atoms with Gasteiger partial charge in [-0.2, -0.15) is 5.10 Å². The summed E-state index contributed by atoms with van der Waals surface area (Å²) in [6, 6.07) is 13.5. The molecular weight excluding hydrogens is 380 g/mol. The van der Waals surface area contributed by atoms with E-state index >= 15 is 0 Å². The van der Waals surface area contributed by atoms with E-state index in [2.05, 4.69) is 10.4 Å². The van der Waals surface area contributed by atoms with Crippen LogP contribution < -0.4 is 5.32 Å². The molecule has 7 heteroatoms. The quantitative estimate of drug-likeness (QED) is 0.452. The number of aromatic nitrogens is 2. The van der Waals surface area contributed by atoms with Gasteiger partial charge in [0.25, 0.3) is 0 Å². The minimum absolute atomic E-state index is 0.133. The van der Waals surface area contributed by atoms with Crippen LogP contribution in [0.2, 0.25) is 0 Å². The number of carbonyl (C=O) groups is 1. The van der Waals surface area contributed by atoms with Crippen molar-refractivity contribution in [1.29, 1.82) is 0 Å². The summed E-state index contributed by atoms with van der Waals surface area (Å²) in [6.07, 6.45) is 3.63. The van der Waals surface area contributed by atoms with E-state index in [0.29, 0.717) is 11.4 Å². The third-order valence-corrected chi connectivity index (χ3v) is 5.22. The number of hydrogen-bond donors (Lipinski definition) is 1. The van der Waals surface area contributed by atoms with Crippen LogP contribution in [0.4, 0.5) is 8.78 Å². The lowest BCUT2D eigenvalue weighted by Gasteiger charge is -2.05. The number of hydrogen-bond acceptors (Lipinski definition) is 3. The summed E-state index contributed by atoms with van der Waals surface area (Å²) in [7, 11) is 0. The van der Waals surface area contributed by atoms with Gasteiger partial charge in [-0.15, -0.1) is 11.8 Å². The highest BCUT2D eigenvalue weighted by atomic mass is 32.2. The van der Waals surface area contributed by atoms with Gasteiger partial charge in [-0.05, 0) is 55.7 Å². The summed E-state index contributed by atoms with van der Waals surface area (Å²) in [5, 5.41) is 7.39. The van der Waals surface area contributed by atoms with Crippen LogP contribution in [0.5, 0.6) is 0 Å². The molecule has 0 aliphatic carbocycles. The molecule has 1 N–H and O–H groups in total. The third kappa shape index (κ3) is 5.42. The van der Waals surface area contributed by atoms with Crippen LogP contribution in [-0.2, 0) is 11.2 Å². The Labute approximate surface area is 167 Å². The number of amides is 1. The molecule has 1 heterocycles. The Bertz CT molecular complexity index is 944. The molecule has 2 aromatic carbocycles. The Morgan fingerprint density at radius 1 is 1.14 bits per heavy atom. The molecule has 0 aliphatic rings. The molecule has 4 nitrogen and oxygen atoms in total. The SMILES string of the molecule is Cc1nn(-c2ccccc2)cc1CCCNC(=O)CSc1ccc(F)c(F)c1. The zero-order valence-electron chi connectivity index (χ0n) is 15.5. The van der Waals surface area contributed by atoms with Crippen LogP contribution in [0.1, 0.15) is 17.7 Å². The second-order valence-electron chi connectivity index (χ2n) is 6.34. The Hall–Kier alpha value is -2.67. The van der Waals surface area contributed by atoms with Crippen molar-refractivity contribution >= 4 is 17.7 Å². The van der Waals surface area contributed by atoms with Crippen LogP contribution >= 0.6 is 11.8 Å². The lowest BCUT2D eigenvalue weighted by molar-refractivity contribution is -0.118. The van der Waals surface area contributed by atoms with Gasteiger partial charge in [0.1, 0.15) is 0 Å². The van der Waals surface area contributed by atoms with E-state index < -0.39 is 11.6 Å². The number of rotatable bonds is 8. The van der Waals surface area contributed by atoms with Gasteiger partial charge in [-0.25, -0.2) is 13.5 Å². The maximum Gasteiger partial charge on any atom is 0.230 e. The summed E-state index contributed by atoms with van der Waals surface area (Å²) in [5.74, 6) is -1.77. The zero-order chi connectivity index (χ0) is 19.9. The second-order valence-corrected chi connectivity index (χ2v) is 7.39. The first-order chi connectivity index (χ1) is 13.5. The summed E-state index contributed by atoms with van der Waals surface area (Å²) in [5.41, 5.74) is 3.14. The number of thioether (sulfide) groups is 1. The maximum atomic E-state index is 13.2. The molecule has 3 aromatic rings. The van der Waals surface area contributed by atoms with E-state index in [0.717, 1.165) is 41.9 Å². The number of nitrogens with one attached hydrogen (secondary N) is 1. The van der Waals surface area contributed by atoms with E-state index in [1.54, 1.807) is 0 Å². The number of aryl methyl sites for hydroxylation is 2. The Morgan fingerprint density at radius 2 is 1.93 bits per heavy atom. The average Bonchev–Trinajstić information content (AvgIpc) is 3.07. The van der Waals surface area contributed by atoms with Crippen molar-refractivity contribution in [3.05, 3.63) is 77.6 Å². The summed E-state index contributed by atoms with van der Waals surface area (Å²) < 4.78 is 27.9. The van der Waals surface area contributed by atoms with Gasteiger partial charge in [0, 0.05) is 17.6 Å². The highest BCUT2D eigenvalue weighted by molar-refractivity contribution is 8.00. The fourth-order valence-electron chi connectivity index (χ4n) is 2.73. The van der Waals surface area contributed by atoms with E-state index in [4.69, 9.17) is 0 Å². The standard InChI is InChI=1S/C21H21F2N3OS/c1-15-16(13-26(25-15)17-7-3-2-4-8-17)6-5-11-24-21(27)14-28-18-9-10-19(22)20(23)12-18/h2-4,7-10,12-13H,5-6,11,14H2,1H3,(H,24,27). The molecule has 28 heavy (non-hydrogen) atoms. The zero-order valence-corrected chi connectivity index (χ0v) is 16.3. The molecule has 0 bridgehead atoms. The number of para-hydroxylation sites is 1. The number of carbonyl (C=O) groups excluding carboxylic acids is 1. The first-order valence-corrected chi connectivity index (χ1v) is 9.96. The first-order valence-electron chi connectivity index (χ1n) is 8.98. The van der Waals surface area contributed by atoms with Gasteiger partial charge in [0.15, 0.2) is 11.6 Å². The molecule has 1 amide bonds. The van der Waals surface area contributed by atoms with Crippen molar-refractivity contribution in [2.24, 2.45) is 0 Å². The molecule has 0 atom stereocenters. The minimum Gasteiger partial charge on any atom is -0.355 e. The number of halogens is 2. The summed E-state index contributed by atoms with van der Waals surface area (Å²) >= 11 is 1.18. The van der Waals surface area contributed by atoms with Crippen molar-refractivity contribution in [2.45, 2.75) is 24.7 Å². The first kappa shape index (κ1) is 20.1. The molecule has 0 saturated carbocycles. The minimum atomic E-state index is -0.906. The van der Waals surface area contributed by atoms with Gasteiger partial charge in [0.2, 0.25) is 5.91 Å². The largest absolute Gasteiger partial charge is 0.355 e. The highest BCUT2D eigenvalue weighted by Crippen LogP contribution is 2.20. The second kappa shape index (κ2) is 9.50. The van der Waals surface area contributed by atoms with Crippen LogP contribution in [-0.4, -0.2) is 28.0 Å². The predicted molar refractivity (Wildman–Crippen MR) is 107 cm³/mol.